The number of carbonyl (C=O) groups excluding carboxylic acids is 4. The van der Waals surface area contributed by atoms with Crippen LogP contribution in [0.15, 0.2) is 49.1 Å². The number of aromatic nitrogens is 2. The van der Waals surface area contributed by atoms with Gasteiger partial charge in [0.2, 0.25) is 0 Å². The molecule has 2 aromatic heterocycles. The van der Waals surface area contributed by atoms with Crippen molar-refractivity contribution in [3.05, 3.63) is 60.2 Å². The summed E-state index contributed by atoms with van der Waals surface area (Å²) in [7, 11) is 0. The van der Waals surface area contributed by atoms with E-state index in [9.17, 15) is 39.6 Å². The third-order valence-electron chi connectivity index (χ3n) is 2.65. The maximum absolute atomic E-state index is 9.53. The number of pyridine rings is 2. The number of aryl methyl sites for hydroxylation is 2. The number of rotatable bonds is 8. The van der Waals surface area contributed by atoms with Crippen LogP contribution in [-0.4, -0.2) is 50.3 Å². The van der Waals surface area contributed by atoms with Gasteiger partial charge in [-0.1, -0.05) is 0 Å². The van der Waals surface area contributed by atoms with Crippen molar-refractivity contribution in [1.82, 2.24) is 0 Å². The summed E-state index contributed by atoms with van der Waals surface area (Å²) >= 11 is 0. The van der Waals surface area contributed by atoms with E-state index >= 15 is 0 Å². The molecule has 2 rings (SSSR count). The second-order valence-corrected chi connectivity index (χ2v) is 5.63. The first-order chi connectivity index (χ1) is 15.0. The van der Waals surface area contributed by atoms with Crippen LogP contribution >= 0.6 is 0 Å². The first kappa shape index (κ1) is 42.2. The molecular formula is C20H24N2O12U-6. The number of hydrogen-bond acceptors (Lipinski definition) is 10. The van der Waals surface area contributed by atoms with Crippen LogP contribution in [0.1, 0.15) is 11.1 Å². The Morgan fingerprint density at radius 1 is 0.600 bits per heavy atom. The minimum Gasteiger partial charge on any atom is -2.00 e. The Balaban J connectivity index is -0.000000112. The van der Waals surface area contributed by atoms with Crippen molar-refractivity contribution in [3.8, 4) is 0 Å². The Hall–Kier alpha value is -2.93. The fraction of sp³-hybridized carbons (Fsp3) is 0.300. The summed E-state index contributed by atoms with van der Waals surface area (Å²) in [5, 5.41) is 38.1. The van der Waals surface area contributed by atoms with E-state index in [1.165, 1.54) is 11.1 Å². The van der Waals surface area contributed by atoms with Crippen LogP contribution in [0.3, 0.4) is 0 Å². The number of carboxylic acids is 4. The first-order valence-electron chi connectivity index (χ1n) is 8.84. The Morgan fingerprint density at radius 2 is 0.800 bits per heavy atom. The predicted molar refractivity (Wildman–Crippen MR) is 98.5 cm³/mol. The maximum Gasteiger partial charge on any atom is 0.167 e. The van der Waals surface area contributed by atoms with Gasteiger partial charge in [0.1, 0.15) is 0 Å². The van der Waals surface area contributed by atoms with Gasteiger partial charge in [0.25, 0.3) is 0 Å². The minimum absolute atomic E-state index is 0. The molecule has 35 heavy (non-hydrogen) atoms. The molecule has 0 bridgehead atoms. The van der Waals surface area contributed by atoms with Gasteiger partial charge in [-0.15, -0.1) is 0 Å². The number of ether oxygens (including phenoxy) is 2. The molecule has 0 fully saturated rings. The SMILES string of the molecule is Cc1cc[nH+]cc1.Cc1cc[nH+]cc1.O=C([O-])COCC(=O)[O-].O=C([O-])COCC(=O)[O-].[O-2].[O-2].[U]. The van der Waals surface area contributed by atoms with E-state index in [0.717, 1.165) is 0 Å². The summed E-state index contributed by atoms with van der Waals surface area (Å²) < 4.78 is 8.06. The van der Waals surface area contributed by atoms with Gasteiger partial charge in [0.05, 0.1) is 50.3 Å². The van der Waals surface area contributed by atoms with Crippen LogP contribution in [0, 0.1) is 45.0 Å². The molecule has 0 aliphatic heterocycles. The molecule has 0 unspecified atom stereocenters. The van der Waals surface area contributed by atoms with Crippen molar-refractivity contribution in [3.63, 3.8) is 0 Å². The van der Waals surface area contributed by atoms with Crippen LogP contribution in [-0.2, 0) is 39.6 Å². The van der Waals surface area contributed by atoms with Gasteiger partial charge >= 0.3 is 0 Å². The summed E-state index contributed by atoms with van der Waals surface area (Å²) in [5.74, 6) is -5.79. The Labute approximate surface area is 224 Å². The number of H-pyrrole nitrogens is 2. The average molecular weight is 722 g/mol. The molecular weight excluding hydrogens is 698 g/mol. The Kier molecular flexibility index (Phi) is 35.1. The number of hydrogen-bond donors (Lipinski definition) is 0. The Morgan fingerprint density at radius 3 is 0.914 bits per heavy atom. The van der Waals surface area contributed by atoms with Crippen molar-refractivity contribution >= 4 is 23.9 Å². The quantitative estimate of drug-likeness (QED) is 0.249. The van der Waals surface area contributed by atoms with E-state index in [1.807, 2.05) is 49.1 Å². The summed E-state index contributed by atoms with van der Waals surface area (Å²) in [6.45, 7) is 1.27. The van der Waals surface area contributed by atoms with E-state index in [2.05, 4.69) is 33.3 Å². The number of nitrogens with one attached hydrogen (secondary N) is 2. The summed E-state index contributed by atoms with van der Waals surface area (Å²) in [4.78, 5) is 44.0. The molecule has 0 amide bonds. The van der Waals surface area contributed by atoms with E-state index in [4.69, 9.17) is 0 Å². The third kappa shape index (κ3) is 41.8. The van der Waals surface area contributed by atoms with Crippen molar-refractivity contribution in [2.45, 2.75) is 13.8 Å². The molecule has 0 aromatic carbocycles. The molecule has 196 valence electrons. The molecule has 0 aliphatic rings. The molecule has 14 nitrogen and oxygen atoms in total. The van der Waals surface area contributed by atoms with Gasteiger partial charge in [0.15, 0.2) is 24.8 Å². The van der Waals surface area contributed by atoms with Crippen LogP contribution < -0.4 is 30.4 Å². The maximum atomic E-state index is 9.53. The van der Waals surface area contributed by atoms with Gasteiger partial charge in [0, 0.05) is 55.4 Å². The van der Waals surface area contributed by atoms with Gasteiger partial charge in [-0.25, -0.2) is 9.97 Å². The number of carbonyl (C=O) groups is 4. The molecule has 0 saturated carbocycles. The largest absolute Gasteiger partial charge is 2.00 e. The molecule has 0 saturated heterocycles. The number of aliphatic carboxylic acids is 4. The molecule has 2 aromatic rings. The van der Waals surface area contributed by atoms with Gasteiger partial charge < -0.3 is 60.0 Å². The molecule has 0 spiro atoms. The van der Waals surface area contributed by atoms with Crippen molar-refractivity contribution in [2.75, 3.05) is 26.4 Å². The minimum atomic E-state index is -1.45. The predicted octanol–water partition coefficient (Wildman–Crippen LogP) is -5.61. The Bertz CT molecular complexity index is 700. The van der Waals surface area contributed by atoms with E-state index in [-0.39, 0.29) is 42.1 Å². The van der Waals surface area contributed by atoms with Gasteiger partial charge in [-0.3, -0.25) is 0 Å². The number of aromatic amines is 2. The van der Waals surface area contributed by atoms with Gasteiger partial charge in [-0.2, -0.15) is 0 Å². The monoisotopic (exact) mass is 722 g/mol. The fourth-order valence-electron chi connectivity index (χ4n) is 1.38. The van der Waals surface area contributed by atoms with Crippen LogP contribution in [0.25, 0.3) is 0 Å². The molecule has 15 heteroatoms. The third-order valence-corrected chi connectivity index (χ3v) is 2.65. The van der Waals surface area contributed by atoms with Crippen LogP contribution in [0.4, 0.5) is 0 Å². The second kappa shape index (κ2) is 29.1. The van der Waals surface area contributed by atoms with Crippen LogP contribution in [0.5, 0.6) is 0 Å². The van der Waals surface area contributed by atoms with Crippen LogP contribution in [0.2, 0.25) is 0 Å². The number of carboxylic acid groups (broad SMARTS) is 4. The summed E-state index contributed by atoms with van der Waals surface area (Å²) in [5.41, 5.74) is 2.58. The fourth-order valence-corrected chi connectivity index (χ4v) is 1.38. The van der Waals surface area contributed by atoms with E-state index in [0.29, 0.717) is 0 Å². The summed E-state index contributed by atoms with van der Waals surface area (Å²) in [6.07, 6.45) is 7.65. The molecule has 2 N–H and O–H groups in total. The average Bonchev–Trinajstić information content (AvgIpc) is 2.69. The van der Waals surface area contributed by atoms with Crippen molar-refractivity contribution < 1.29 is 101 Å². The zero-order valence-electron chi connectivity index (χ0n) is 18.8. The smallest absolute Gasteiger partial charge is 0.167 e. The molecule has 2 heterocycles. The van der Waals surface area contributed by atoms with E-state index < -0.39 is 50.3 Å². The standard InChI is InChI=1S/2C6H7N.2C4H6O5.2O.U/c2*1-6-2-4-7-5-3-6;2*5-3(6)1-9-2-4(7)8;;;/h2*2-5H,1H3;2*1-2H2,(H,5,6)(H,7,8);;;/q;;;;2*-2;/p-2. The first-order valence-corrected chi connectivity index (χ1v) is 8.84. The topological polar surface area (TPSA) is 264 Å². The van der Waals surface area contributed by atoms with Gasteiger partial charge in [-0.05, 0) is 25.0 Å². The zero-order chi connectivity index (χ0) is 24.8. The van der Waals surface area contributed by atoms with Crippen molar-refractivity contribution in [1.29, 1.82) is 0 Å². The normalized spacial score (nSPS) is 8.06. The molecule has 0 radical (unpaired) electrons. The second-order valence-electron chi connectivity index (χ2n) is 5.63. The van der Waals surface area contributed by atoms with Crippen molar-refractivity contribution in [2.24, 2.45) is 0 Å². The summed E-state index contributed by atoms with van der Waals surface area (Å²) in [6, 6.07) is 8.11. The molecule has 0 aliphatic carbocycles. The zero-order valence-corrected chi connectivity index (χ0v) is 23.0. The van der Waals surface area contributed by atoms with E-state index in [1.54, 1.807) is 0 Å². The molecule has 0 atom stereocenters.